The fourth-order valence-corrected chi connectivity index (χ4v) is 2.37. The van der Waals surface area contributed by atoms with Gasteiger partial charge in [0.15, 0.2) is 0 Å². The maximum atomic E-state index is 12.3. The molecule has 0 aromatic heterocycles. The van der Waals surface area contributed by atoms with Crippen LogP contribution < -0.4 is 16.0 Å². The minimum Gasteiger partial charge on any atom is -0.352 e. The summed E-state index contributed by atoms with van der Waals surface area (Å²) < 4.78 is 0. The highest BCUT2D eigenvalue weighted by molar-refractivity contribution is 6.31. The van der Waals surface area contributed by atoms with E-state index in [0.717, 1.165) is 13.1 Å². The highest BCUT2D eigenvalue weighted by atomic mass is 35.5. The second-order valence-corrected chi connectivity index (χ2v) is 5.68. The maximum Gasteiger partial charge on any atom is 0.253 e. The van der Waals surface area contributed by atoms with Gasteiger partial charge < -0.3 is 16.0 Å². The molecule has 2 rings (SSSR count). The van der Waals surface area contributed by atoms with Gasteiger partial charge >= 0.3 is 0 Å². The molecule has 21 heavy (non-hydrogen) atoms. The number of amides is 2. The van der Waals surface area contributed by atoms with Crippen molar-refractivity contribution < 1.29 is 9.59 Å². The number of benzene rings is 1. The van der Waals surface area contributed by atoms with Crippen molar-refractivity contribution in [2.75, 3.05) is 25.0 Å². The topological polar surface area (TPSA) is 70.2 Å². The predicted molar refractivity (Wildman–Crippen MR) is 83.6 cm³/mol. The van der Waals surface area contributed by atoms with E-state index in [1.165, 1.54) is 0 Å². The third-order valence-corrected chi connectivity index (χ3v) is 3.99. The maximum absolute atomic E-state index is 12.3. The van der Waals surface area contributed by atoms with E-state index in [4.69, 9.17) is 11.6 Å². The Morgan fingerprint density at radius 1 is 1.43 bits per heavy atom. The van der Waals surface area contributed by atoms with Crippen molar-refractivity contribution >= 4 is 29.1 Å². The third-order valence-electron chi connectivity index (χ3n) is 3.76. The van der Waals surface area contributed by atoms with Gasteiger partial charge in [-0.2, -0.15) is 0 Å². The molecule has 0 saturated carbocycles. The largest absolute Gasteiger partial charge is 0.352 e. The predicted octanol–water partition coefficient (Wildman–Crippen LogP) is 1.88. The van der Waals surface area contributed by atoms with Crippen LogP contribution in [0.3, 0.4) is 0 Å². The summed E-state index contributed by atoms with van der Waals surface area (Å²) in [6.45, 7) is 5.98. The molecule has 1 fully saturated rings. The standard InChI is InChI=1S/C15H20ClN3O2/c1-3-18-15(21)12-6-11(16)4-5-13(12)19-14(20)9(2)10-7-17-8-10/h4-6,9-10,17H,3,7-8H2,1-2H3,(H,18,21)(H,19,20). The molecule has 1 aliphatic heterocycles. The molecular formula is C15H20ClN3O2. The van der Waals surface area contributed by atoms with Gasteiger partial charge in [0.25, 0.3) is 5.91 Å². The average Bonchev–Trinajstić information content (AvgIpc) is 2.38. The summed E-state index contributed by atoms with van der Waals surface area (Å²) in [6.07, 6.45) is 0. The second kappa shape index (κ2) is 6.91. The number of carbonyl (C=O) groups excluding carboxylic acids is 2. The Balaban J connectivity index is 2.14. The molecule has 1 aromatic rings. The number of halogens is 1. The minimum atomic E-state index is -0.242. The van der Waals surface area contributed by atoms with Crippen LogP contribution in [0.15, 0.2) is 18.2 Å². The summed E-state index contributed by atoms with van der Waals surface area (Å²) in [6, 6.07) is 4.89. The van der Waals surface area contributed by atoms with Crippen LogP contribution in [0.4, 0.5) is 5.69 Å². The van der Waals surface area contributed by atoms with Crippen LogP contribution in [0.5, 0.6) is 0 Å². The van der Waals surface area contributed by atoms with E-state index in [9.17, 15) is 9.59 Å². The number of rotatable bonds is 5. The molecule has 1 aromatic carbocycles. The van der Waals surface area contributed by atoms with Crippen molar-refractivity contribution in [3.63, 3.8) is 0 Å². The Morgan fingerprint density at radius 3 is 2.71 bits per heavy atom. The van der Waals surface area contributed by atoms with Crippen molar-refractivity contribution in [1.29, 1.82) is 0 Å². The first kappa shape index (κ1) is 15.8. The van der Waals surface area contributed by atoms with Crippen LogP contribution in [0.25, 0.3) is 0 Å². The lowest BCUT2D eigenvalue weighted by molar-refractivity contribution is -0.121. The first-order chi connectivity index (χ1) is 10.0. The SMILES string of the molecule is CCNC(=O)c1cc(Cl)ccc1NC(=O)C(C)C1CNC1. The number of hydrogen-bond acceptors (Lipinski definition) is 3. The lowest BCUT2D eigenvalue weighted by Gasteiger charge is -2.31. The molecule has 0 aliphatic carbocycles. The molecule has 0 spiro atoms. The highest BCUT2D eigenvalue weighted by Gasteiger charge is 2.29. The lowest BCUT2D eigenvalue weighted by atomic mass is 9.88. The van der Waals surface area contributed by atoms with Crippen molar-refractivity contribution in [3.8, 4) is 0 Å². The molecule has 1 atom stereocenters. The Kier molecular flexibility index (Phi) is 5.20. The fourth-order valence-electron chi connectivity index (χ4n) is 2.19. The second-order valence-electron chi connectivity index (χ2n) is 5.25. The zero-order valence-electron chi connectivity index (χ0n) is 12.2. The molecule has 0 bridgehead atoms. The van der Waals surface area contributed by atoms with Crippen LogP contribution in [-0.2, 0) is 4.79 Å². The van der Waals surface area contributed by atoms with Gasteiger partial charge in [0.1, 0.15) is 0 Å². The number of carbonyl (C=O) groups is 2. The smallest absolute Gasteiger partial charge is 0.253 e. The molecule has 1 heterocycles. The minimum absolute atomic E-state index is 0.0747. The van der Waals surface area contributed by atoms with E-state index in [0.29, 0.717) is 28.7 Å². The molecule has 1 unspecified atom stereocenters. The van der Waals surface area contributed by atoms with Crippen molar-refractivity contribution in [1.82, 2.24) is 10.6 Å². The van der Waals surface area contributed by atoms with Gasteiger partial charge in [0.2, 0.25) is 5.91 Å². The third kappa shape index (κ3) is 3.74. The quantitative estimate of drug-likeness (QED) is 0.778. The first-order valence-electron chi connectivity index (χ1n) is 7.12. The fraction of sp³-hybridized carbons (Fsp3) is 0.467. The summed E-state index contributed by atoms with van der Waals surface area (Å²) >= 11 is 5.94. The molecule has 5 nitrogen and oxygen atoms in total. The molecular weight excluding hydrogens is 290 g/mol. The van der Waals surface area contributed by atoms with E-state index in [1.54, 1.807) is 18.2 Å². The average molecular weight is 310 g/mol. The van der Waals surface area contributed by atoms with Gasteiger partial charge in [0.05, 0.1) is 11.3 Å². The van der Waals surface area contributed by atoms with Gasteiger partial charge in [0, 0.05) is 17.5 Å². The van der Waals surface area contributed by atoms with Gasteiger partial charge in [-0.3, -0.25) is 9.59 Å². The summed E-state index contributed by atoms with van der Waals surface area (Å²) in [5, 5.41) is 9.17. The lowest BCUT2D eigenvalue weighted by Crippen LogP contribution is -2.48. The molecule has 6 heteroatoms. The van der Waals surface area contributed by atoms with Crippen LogP contribution in [0.1, 0.15) is 24.2 Å². The molecule has 2 amide bonds. The van der Waals surface area contributed by atoms with Gasteiger partial charge in [-0.15, -0.1) is 0 Å². The molecule has 0 radical (unpaired) electrons. The molecule has 3 N–H and O–H groups in total. The Morgan fingerprint density at radius 2 is 2.14 bits per heavy atom. The summed E-state index contributed by atoms with van der Waals surface area (Å²) in [5.74, 6) is -0.0585. The van der Waals surface area contributed by atoms with E-state index in [1.807, 2.05) is 13.8 Å². The summed E-state index contributed by atoms with van der Waals surface area (Å²) in [5.41, 5.74) is 0.881. The Hall–Kier alpha value is -1.59. The van der Waals surface area contributed by atoms with Crippen LogP contribution in [0.2, 0.25) is 5.02 Å². The van der Waals surface area contributed by atoms with Crippen LogP contribution in [-0.4, -0.2) is 31.4 Å². The Bertz CT molecular complexity index is 544. The Labute approximate surface area is 129 Å². The molecule has 1 aliphatic rings. The van der Waals surface area contributed by atoms with Gasteiger partial charge in [-0.05, 0) is 44.1 Å². The zero-order valence-corrected chi connectivity index (χ0v) is 13.0. The monoisotopic (exact) mass is 309 g/mol. The van der Waals surface area contributed by atoms with E-state index in [2.05, 4.69) is 16.0 Å². The first-order valence-corrected chi connectivity index (χ1v) is 7.50. The van der Waals surface area contributed by atoms with Gasteiger partial charge in [-0.25, -0.2) is 0 Å². The van der Waals surface area contributed by atoms with E-state index in [-0.39, 0.29) is 17.7 Å². The zero-order chi connectivity index (χ0) is 15.4. The number of anilines is 1. The van der Waals surface area contributed by atoms with Crippen LogP contribution in [0, 0.1) is 11.8 Å². The van der Waals surface area contributed by atoms with Crippen molar-refractivity contribution in [3.05, 3.63) is 28.8 Å². The number of hydrogen-bond donors (Lipinski definition) is 3. The summed E-state index contributed by atoms with van der Waals surface area (Å²) in [7, 11) is 0. The number of nitrogens with one attached hydrogen (secondary N) is 3. The van der Waals surface area contributed by atoms with Crippen molar-refractivity contribution in [2.45, 2.75) is 13.8 Å². The normalized spacial score (nSPS) is 16.0. The van der Waals surface area contributed by atoms with E-state index < -0.39 is 0 Å². The van der Waals surface area contributed by atoms with Crippen molar-refractivity contribution in [2.24, 2.45) is 11.8 Å². The summed E-state index contributed by atoms with van der Waals surface area (Å²) in [4.78, 5) is 24.3. The van der Waals surface area contributed by atoms with E-state index >= 15 is 0 Å². The molecule has 1 saturated heterocycles. The van der Waals surface area contributed by atoms with Gasteiger partial charge in [-0.1, -0.05) is 18.5 Å². The highest BCUT2D eigenvalue weighted by Crippen LogP contribution is 2.23. The molecule has 114 valence electrons. The van der Waals surface area contributed by atoms with Crippen LogP contribution >= 0.6 is 11.6 Å².